The summed E-state index contributed by atoms with van der Waals surface area (Å²) >= 11 is 4.68. The average molecular weight is 382 g/mol. The lowest BCUT2D eigenvalue weighted by Crippen LogP contribution is -2.42. The molecule has 1 aromatic carbocycles. The third kappa shape index (κ3) is 4.64. The molecule has 0 bridgehead atoms. The fourth-order valence-electron chi connectivity index (χ4n) is 1.83. The SMILES string of the molecule is Cc1ccc(SCC(=O)NNC(=O)c2cc(Br)c[nH]2)c(C)c1. The molecule has 7 heteroatoms. The second-order valence-corrected chi connectivity index (χ2v) is 6.72. The molecule has 0 radical (unpaired) electrons. The highest BCUT2D eigenvalue weighted by atomic mass is 79.9. The van der Waals surface area contributed by atoms with Crippen molar-refractivity contribution in [2.24, 2.45) is 0 Å². The van der Waals surface area contributed by atoms with Crippen LogP contribution in [0.4, 0.5) is 0 Å². The van der Waals surface area contributed by atoms with Gasteiger partial charge < -0.3 is 4.98 Å². The number of benzene rings is 1. The first kappa shape index (κ1) is 16.6. The Bertz CT molecular complexity index is 700. The van der Waals surface area contributed by atoms with E-state index in [1.807, 2.05) is 26.0 Å². The van der Waals surface area contributed by atoms with Crippen LogP contribution in [0, 0.1) is 13.8 Å². The molecule has 0 atom stereocenters. The summed E-state index contributed by atoms with van der Waals surface area (Å²) in [6, 6.07) is 7.72. The first-order valence-electron chi connectivity index (χ1n) is 6.59. The van der Waals surface area contributed by atoms with E-state index >= 15 is 0 Å². The molecule has 116 valence electrons. The van der Waals surface area contributed by atoms with Crippen molar-refractivity contribution in [2.75, 3.05) is 5.75 Å². The summed E-state index contributed by atoms with van der Waals surface area (Å²) in [5, 5.41) is 0. The van der Waals surface area contributed by atoms with Crippen LogP contribution in [0.1, 0.15) is 21.6 Å². The molecule has 2 rings (SSSR count). The standard InChI is InChI=1S/C15H16BrN3O2S/c1-9-3-4-13(10(2)5-9)22-8-14(20)18-19-15(21)12-6-11(16)7-17-12/h3-7,17H,8H2,1-2H3,(H,18,20)(H,19,21). The van der Waals surface area contributed by atoms with Crippen molar-refractivity contribution in [2.45, 2.75) is 18.7 Å². The summed E-state index contributed by atoms with van der Waals surface area (Å²) in [5.74, 6) is -0.419. The predicted molar refractivity (Wildman–Crippen MR) is 90.7 cm³/mol. The number of aromatic amines is 1. The molecule has 0 spiro atoms. The number of aromatic nitrogens is 1. The number of nitrogens with one attached hydrogen (secondary N) is 3. The molecule has 1 aromatic heterocycles. The van der Waals surface area contributed by atoms with Crippen molar-refractivity contribution < 1.29 is 9.59 Å². The second kappa shape index (κ2) is 7.51. The number of rotatable bonds is 4. The summed E-state index contributed by atoms with van der Waals surface area (Å²) in [4.78, 5) is 27.4. The number of hydrazine groups is 1. The quantitative estimate of drug-likeness (QED) is 0.562. The van der Waals surface area contributed by atoms with Crippen molar-refractivity contribution in [3.8, 4) is 0 Å². The van der Waals surface area contributed by atoms with Crippen molar-refractivity contribution in [3.63, 3.8) is 0 Å². The maximum atomic E-state index is 11.8. The van der Waals surface area contributed by atoms with Gasteiger partial charge in [0.1, 0.15) is 5.69 Å². The Balaban J connectivity index is 1.79. The minimum atomic E-state index is -0.393. The zero-order valence-corrected chi connectivity index (χ0v) is 14.6. The van der Waals surface area contributed by atoms with Crippen LogP contribution in [0.25, 0.3) is 0 Å². The molecule has 1 heterocycles. The molecular weight excluding hydrogens is 366 g/mol. The molecule has 0 fully saturated rings. The van der Waals surface area contributed by atoms with Gasteiger partial charge >= 0.3 is 0 Å². The highest BCUT2D eigenvalue weighted by Gasteiger charge is 2.10. The number of halogens is 1. The third-order valence-electron chi connectivity index (χ3n) is 2.90. The van der Waals surface area contributed by atoms with Crippen LogP contribution in [0.15, 0.2) is 39.8 Å². The molecule has 0 unspecified atom stereocenters. The Labute approximate surface area is 141 Å². The first-order valence-corrected chi connectivity index (χ1v) is 8.36. The molecule has 2 amide bonds. The van der Waals surface area contributed by atoms with Gasteiger partial charge in [0.05, 0.1) is 5.75 Å². The lowest BCUT2D eigenvalue weighted by molar-refractivity contribution is -0.119. The van der Waals surface area contributed by atoms with E-state index in [0.717, 1.165) is 14.9 Å². The number of H-pyrrole nitrogens is 1. The Kier molecular flexibility index (Phi) is 5.68. The molecular formula is C15H16BrN3O2S. The van der Waals surface area contributed by atoms with Crippen LogP contribution in [0.2, 0.25) is 0 Å². The minimum absolute atomic E-state index is 0.235. The highest BCUT2D eigenvalue weighted by Crippen LogP contribution is 2.22. The Morgan fingerprint density at radius 2 is 2.00 bits per heavy atom. The van der Waals surface area contributed by atoms with E-state index in [9.17, 15) is 9.59 Å². The van der Waals surface area contributed by atoms with E-state index in [1.165, 1.54) is 17.3 Å². The van der Waals surface area contributed by atoms with Crippen molar-refractivity contribution in [3.05, 3.63) is 51.8 Å². The lowest BCUT2D eigenvalue weighted by atomic mass is 10.2. The Morgan fingerprint density at radius 3 is 2.64 bits per heavy atom. The van der Waals surface area contributed by atoms with Crippen molar-refractivity contribution in [1.82, 2.24) is 15.8 Å². The normalized spacial score (nSPS) is 10.3. The maximum absolute atomic E-state index is 11.8. The van der Waals surface area contributed by atoms with E-state index in [0.29, 0.717) is 5.69 Å². The number of hydrogen-bond acceptors (Lipinski definition) is 3. The largest absolute Gasteiger partial charge is 0.356 e. The number of amides is 2. The van der Waals surface area contributed by atoms with Gasteiger partial charge in [-0.1, -0.05) is 17.7 Å². The second-order valence-electron chi connectivity index (χ2n) is 4.79. The Morgan fingerprint density at radius 1 is 1.23 bits per heavy atom. The van der Waals surface area contributed by atoms with Gasteiger partial charge in [-0.05, 0) is 47.5 Å². The number of carbonyl (C=O) groups excluding carboxylic acids is 2. The molecule has 3 N–H and O–H groups in total. The molecule has 2 aromatic rings. The fraction of sp³-hybridized carbons (Fsp3) is 0.200. The summed E-state index contributed by atoms with van der Waals surface area (Å²) < 4.78 is 0.773. The molecule has 22 heavy (non-hydrogen) atoms. The highest BCUT2D eigenvalue weighted by molar-refractivity contribution is 9.10. The molecule has 0 aliphatic heterocycles. The number of thioether (sulfide) groups is 1. The number of aryl methyl sites for hydroxylation is 2. The van der Waals surface area contributed by atoms with Gasteiger partial charge in [-0.3, -0.25) is 20.4 Å². The Hall–Kier alpha value is -1.73. The zero-order chi connectivity index (χ0) is 16.1. The van der Waals surface area contributed by atoms with E-state index in [2.05, 4.69) is 37.8 Å². The van der Waals surface area contributed by atoms with Gasteiger partial charge in [0, 0.05) is 15.6 Å². The topological polar surface area (TPSA) is 74.0 Å². The van der Waals surface area contributed by atoms with Crippen LogP contribution in [-0.2, 0) is 4.79 Å². The first-order chi connectivity index (χ1) is 10.5. The third-order valence-corrected chi connectivity index (χ3v) is 4.53. The summed E-state index contributed by atoms with van der Waals surface area (Å²) in [5.41, 5.74) is 7.46. The summed E-state index contributed by atoms with van der Waals surface area (Å²) in [7, 11) is 0. The molecule has 0 aliphatic rings. The van der Waals surface area contributed by atoms with Gasteiger partial charge in [-0.15, -0.1) is 11.8 Å². The smallest absolute Gasteiger partial charge is 0.286 e. The number of carbonyl (C=O) groups is 2. The van der Waals surface area contributed by atoms with Gasteiger partial charge in [-0.2, -0.15) is 0 Å². The molecule has 0 aliphatic carbocycles. The number of hydrogen-bond donors (Lipinski definition) is 3. The summed E-state index contributed by atoms with van der Waals surface area (Å²) in [6.07, 6.45) is 1.65. The van der Waals surface area contributed by atoms with E-state index < -0.39 is 5.91 Å². The van der Waals surface area contributed by atoms with Crippen molar-refractivity contribution in [1.29, 1.82) is 0 Å². The van der Waals surface area contributed by atoms with Crippen LogP contribution in [-0.4, -0.2) is 22.6 Å². The summed E-state index contributed by atoms with van der Waals surface area (Å²) in [6.45, 7) is 4.04. The van der Waals surface area contributed by atoms with Crippen LogP contribution in [0.5, 0.6) is 0 Å². The predicted octanol–water partition coefficient (Wildman–Crippen LogP) is 2.95. The minimum Gasteiger partial charge on any atom is -0.356 e. The van der Waals surface area contributed by atoms with Crippen LogP contribution in [0.3, 0.4) is 0 Å². The lowest BCUT2D eigenvalue weighted by Gasteiger charge is -2.08. The van der Waals surface area contributed by atoms with E-state index in [-0.39, 0.29) is 11.7 Å². The monoisotopic (exact) mass is 381 g/mol. The zero-order valence-electron chi connectivity index (χ0n) is 12.2. The molecule has 0 saturated carbocycles. The van der Waals surface area contributed by atoms with Crippen molar-refractivity contribution >= 4 is 39.5 Å². The van der Waals surface area contributed by atoms with Crippen LogP contribution < -0.4 is 10.9 Å². The van der Waals surface area contributed by atoms with Gasteiger partial charge in [0.2, 0.25) is 5.91 Å². The van der Waals surface area contributed by atoms with E-state index in [4.69, 9.17) is 0 Å². The van der Waals surface area contributed by atoms with Gasteiger partial charge in [-0.25, -0.2) is 0 Å². The van der Waals surface area contributed by atoms with Crippen LogP contribution >= 0.6 is 27.7 Å². The van der Waals surface area contributed by atoms with Gasteiger partial charge in [0.15, 0.2) is 0 Å². The molecule has 5 nitrogen and oxygen atoms in total. The molecule has 0 saturated heterocycles. The van der Waals surface area contributed by atoms with Gasteiger partial charge in [0.25, 0.3) is 5.91 Å². The fourth-order valence-corrected chi connectivity index (χ4v) is 2.99. The average Bonchev–Trinajstić information content (AvgIpc) is 2.90. The van der Waals surface area contributed by atoms with E-state index in [1.54, 1.807) is 12.3 Å². The maximum Gasteiger partial charge on any atom is 0.286 e.